The molecule has 0 heterocycles. The van der Waals surface area contributed by atoms with Crippen molar-refractivity contribution in [2.75, 3.05) is 33.1 Å². The van der Waals surface area contributed by atoms with Gasteiger partial charge in [-0.15, -0.1) is 0 Å². The van der Waals surface area contributed by atoms with Crippen LogP contribution < -0.4 is 19.7 Å². The molecule has 0 aromatic heterocycles. The van der Waals surface area contributed by atoms with Crippen molar-refractivity contribution in [1.29, 1.82) is 0 Å². The van der Waals surface area contributed by atoms with Gasteiger partial charge >= 0.3 is 0 Å². The molecule has 2 rings (SSSR count). The Hall–Kier alpha value is -2.86. The number of carbonyl (C=O) groups is 2. The van der Waals surface area contributed by atoms with Gasteiger partial charge in [-0.25, -0.2) is 0 Å². The first-order valence-corrected chi connectivity index (χ1v) is 8.36. The molecule has 0 spiro atoms. The monoisotopic (exact) mass is 357 g/mol. The lowest BCUT2D eigenvalue weighted by Crippen LogP contribution is -3.08. The van der Waals surface area contributed by atoms with Crippen LogP contribution in [0.4, 0.5) is 5.69 Å². The second-order valence-corrected chi connectivity index (χ2v) is 6.17. The van der Waals surface area contributed by atoms with E-state index in [1.54, 1.807) is 50.6 Å². The van der Waals surface area contributed by atoms with Gasteiger partial charge in [-0.3, -0.25) is 9.59 Å². The summed E-state index contributed by atoms with van der Waals surface area (Å²) in [6.45, 7) is 2.39. The fraction of sp³-hybridized carbons (Fsp3) is 0.300. The maximum atomic E-state index is 12.2. The Balaban J connectivity index is 1.98. The Bertz CT molecular complexity index is 772. The lowest BCUT2D eigenvalue weighted by Gasteiger charge is -2.16. The smallest absolute Gasteiger partial charge is 0.279 e. The van der Waals surface area contributed by atoms with E-state index in [-0.39, 0.29) is 11.7 Å². The van der Waals surface area contributed by atoms with Crippen molar-refractivity contribution in [2.24, 2.45) is 0 Å². The second-order valence-electron chi connectivity index (χ2n) is 6.17. The summed E-state index contributed by atoms with van der Waals surface area (Å²) in [5.41, 5.74) is 2.26. The van der Waals surface area contributed by atoms with Gasteiger partial charge in [-0.05, 0) is 49.4 Å². The molecule has 6 heteroatoms. The molecule has 0 aliphatic heterocycles. The molecule has 0 bridgehead atoms. The fourth-order valence-corrected chi connectivity index (χ4v) is 2.68. The summed E-state index contributed by atoms with van der Waals surface area (Å²) in [5, 5.41) is 2.87. The number of benzene rings is 2. The largest absolute Gasteiger partial charge is 0.497 e. The number of ketones is 1. The highest BCUT2D eigenvalue weighted by molar-refractivity contribution is 5.94. The number of nitrogens with one attached hydrogen (secondary N) is 2. The minimum Gasteiger partial charge on any atom is -0.497 e. The van der Waals surface area contributed by atoms with Crippen LogP contribution in [0, 0.1) is 0 Å². The van der Waals surface area contributed by atoms with Crippen molar-refractivity contribution in [3.8, 4) is 11.5 Å². The van der Waals surface area contributed by atoms with Crippen molar-refractivity contribution in [3.63, 3.8) is 0 Å². The van der Waals surface area contributed by atoms with E-state index in [1.807, 2.05) is 13.1 Å². The molecular formula is C20H25N2O4+. The molecule has 0 aliphatic carbocycles. The van der Waals surface area contributed by atoms with E-state index in [0.29, 0.717) is 24.4 Å². The van der Waals surface area contributed by atoms with Gasteiger partial charge in [-0.1, -0.05) is 0 Å². The van der Waals surface area contributed by atoms with E-state index < -0.39 is 0 Å². The molecule has 0 fully saturated rings. The summed E-state index contributed by atoms with van der Waals surface area (Å²) in [4.78, 5) is 24.8. The number of hydrogen-bond donors (Lipinski definition) is 2. The zero-order chi connectivity index (χ0) is 19.1. The highest BCUT2D eigenvalue weighted by Crippen LogP contribution is 2.19. The molecule has 1 amide bonds. The van der Waals surface area contributed by atoms with Gasteiger partial charge in [0.25, 0.3) is 5.91 Å². The number of quaternary nitrogens is 1. The highest BCUT2D eigenvalue weighted by atomic mass is 16.5. The average Bonchev–Trinajstić information content (AvgIpc) is 2.62. The van der Waals surface area contributed by atoms with Gasteiger partial charge in [0.15, 0.2) is 12.3 Å². The number of rotatable bonds is 8. The zero-order valence-corrected chi connectivity index (χ0v) is 15.6. The maximum Gasteiger partial charge on any atom is 0.279 e. The van der Waals surface area contributed by atoms with Crippen molar-refractivity contribution in [2.45, 2.75) is 13.5 Å². The summed E-state index contributed by atoms with van der Waals surface area (Å²) in [7, 11) is 5.12. The third-order valence-electron chi connectivity index (χ3n) is 4.02. The topological polar surface area (TPSA) is 69.1 Å². The Morgan fingerprint density at radius 1 is 1.04 bits per heavy atom. The zero-order valence-electron chi connectivity index (χ0n) is 15.6. The lowest BCUT2D eigenvalue weighted by atomic mass is 10.1. The van der Waals surface area contributed by atoms with Crippen molar-refractivity contribution < 1.29 is 24.0 Å². The normalized spacial score (nSPS) is 11.5. The molecule has 1 atom stereocenters. The number of anilines is 1. The Kier molecular flexibility index (Phi) is 6.74. The fourth-order valence-electron chi connectivity index (χ4n) is 2.68. The summed E-state index contributed by atoms with van der Waals surface area (Å²) in [5.74, 6) is 1.37. The molecule has 138 valence electrons. The molecule has 0 aliphatic rings. The van der Waals surface area contributed by atoms with Crippen LogP contribution in [0.25, 0.3) is 0 Å². The molecule has 2 aromatic rings. The molecule has 6 nitrogen and oxygen atoms in total. The number of Topliss-reactive ketones (excluding diaryl/α,β-unsaturated/α-hetero) is 1. The van der Waals surface area contributed by atoms with Crippen molar-refractivity contribution in [3.05, 3.63) is 53.6 Å². The number of amides is 1. The number of ether oxygens (including phenoxy) is 2. The minimum absolute atomic E-state index is 0.00352. The molecule has 0 saturated heterocycles. The average molecular weight is 357 g/mol. The van der Waals surface area contributed by atoms with E-state index >= 15 is 0 Å². The summed E-state index contributed by atoms with van der Waals surface area (Å²) < 4.78 is 10.5. The Morgan fingerprint density at radius 2 is 1.73 bits per heavy atom. The summed E-state index contributed by atoms with van der Waals surface area (Å²) in [6.07, 6.45) is 0. The van der Waals surface area contributed by atoms with Gasteiger partial charge < -0.3 is 19.7 Å². The maximum absolute atomic E-state index is 12.2. The SMILES string of the molecule is COc1ccc(NC(=O)C[NH+](C)Cc2cc(C(C)=O)ccc2OC)cc1. The minimum atomic E-state index is -0.0886. The standard InChI is InChI=1S/C20H24N2O4/c1-14(23)15-5-10-19(26-4)16(11-15)12-22(2)13-20(24)21-17-6-8-18(25-3)9-7-17/h5-11H,12-13H2,1-4H3,(H,21,24)/p+1. The van der Waals surface area contributed by atoms with E-state index in [1.165, 1.54) is 6.92 Å². The van der Waals surface area contributed by atoms with Crippen LogP contribution in [-0.2, 0) is 11.3 Å². The molecule has 2 aromatic carbocycles. The van der Waals surface area contributed by atoms with Crippen LogP contribution in [0.15, 0.2) is 42.5 Å². The first-order valence-electron chi connectivity index (χ1n) is 8.36. The first kappa shape index (κ1) is 19.5. The quantitative estimate of drug-likeness (QED) is 0.704. The van der Waals surface area contributed by atoms with Gasteiger partial charge in [0.1, 0.15) is 18.0 Å². The highest BCUT2D eigenvalue weighted by Gasteiger charge is 2.15. The van der Waals surface area contributed by atoms with Crippen molar-refractivity contribution in [1.82, 2.24) is 0 Å². The lowest BCUT2D eigenvalue weighted by molar-refractivity contribution is -0.885. The van der Waals surface area contributed by atoms with Crippen LogP contribution in [0.2, 0.25) is 0 Å². The van der Waals surface area contributed by atoms with Crippen LogP contribution in [0.1, 0.15) is 22.8 Å². The van der Waals surface area contributed by atoms with Gasteiger partial charge in [-0.2, -0.15) is 0 Å². The second kappa shape index (κ2) is 9.01. The third kappa shape index (κ3) is 5.32. The molecule has 0 saturated carbocycles. The van der Waals surface area contributed by atoms with Gasteiger partial charge in [0.2, 0.25) is 0 Å². The van der Waals surface area contributed by atoms with Crippen LogP contribution >= 0.6 is 0 Å². The van der Waals surface area contributed by atoms with E-state index in [9.17, 15) is 9.59 Å². The summed E-state index contributed by atoms with van der Waals surface area (Å²) in [6, 6.07) is 12.5. The number of hydrogen-bond acceptors (Lipinski definition) is 4. The Morgan fingerprint density at radius 3 is 2.31 bits per heavy atom. The molecule has 1 unspecified atom stereocenters. The number of likely N-dealkylation sites (N-methyl/N-ethyl adjacent to an activating group) is 1. The van der Waals surface area contributed by atoms with E-state index in [2.05, 4.69) is 5.32 Å². The molecule has 26 heavy (non-hydrogen) atoms. The van der Waals surface area contributed by atoms with Crippen molar-refractivity contribution >= 4 is 17.4 Å². The predicted octanol–water partition coefficient (Wildman–Crippen LogP) is 1.56. The predicted molar refractivity (Wildman–Crippen MR) is 100 cm³/mol. The summed E-state index contributed by atoms with van der Waals surface area (Å²) >= 11 is 0. The Labute approximate surface area is 153 Å². The van der Waals surface area contributed by atoms with E-state index in [0.717, 1.165) is 21.9 Å². The van der Waals surface area contributed by atoms with Gasteiger partial charge in [0.05, 0.1) is 21.3 Å². The van der Waals surface area contributed by atoms with Crippen LogP contribution in [0.5, 0.6) is 11.5 Å². The van der Waals surface area contributed by atoms with Crippen LogP contribution in [-0.4, -0.2) is 39.5 Å². The third-order valence-corrected chi connectivity index (χ3v) is 4.02. The molecule has 0 radical (unpaired) electrons. The molecular weight excluding hydrogens is 332 g/mol. The number of methoxy groups -OCH3 is 2. The number of carbonyl (C=O) groups excluding carboxylic acids is 2. The van der Waals surface area contributed by atoms with E-state index in [4.69, 9.17) is 9.47 Å². The first-order chi connectivity index (χ1) is 12.4. The molecule has 2 N–H and O–H groups in total. The van der Waals surface area contributed by atoms with Crippen LogP contribution in [0.3, 0.4) is 0 Å². The van der Waals surface area contributed by atoms with Gasteiger partial charge in [0, 0.05) is 16.8 Å².